The van der Waals surface area contributed by atoms with E-state index in [1.54, 1.807) is 6.92 Å². The molecule has 0 radical (unpaired) electrons. The van der Waals surface area contributed by atoms with Crippen LogP contribution in [-0.4, -0.2) is 68.0 Å². The molecule has 2 heterocycles. The third-order valence-electron chi connectivity index (χ3n) is 4.73. The van der Waals surface area contributed by atoms with Gasteiger partial charge in [-0.2, -0.15) is 0 Å². The van der Waals surface area contributed by atoms with E-state index in [4.69, 9.17) is 0 Å². The number of sulfone groups is 1. The van der Waals surface area contributed by atoms with E-state index < -0.39 is 9.84 Å². The van der Waals surface area contributed by atoms with Crippen molar-refractivity contribution in [1.82, 2.24) is 9.80 Å². The predicted molar refractivity (Wildman–Crippen MR) is 79.1 cm³/mol. The largest absolute Gasteiger partial charge is 0.298 e. The number of piperazine rings is 1. The second-order valence-corrected chi connectivity index (χ2v) is 8.81. The predicted octanol–water partition coefficient (Wildman–Crippen LogP) is 1.23. The van der Waals surface area contributed by atoms with Crippen LogP contribution >= 0.6 is 0 Å². The van der Waals surface area contributed by atoms with E-state index in [-0.39, 0.29) is 5.75 Å². The van der Waals surface area contributed by atoms with Gasteiger partial charge in [0.2, 0.25) is 0 Å². The molecule has 2 fully saturated rings. The van der Waals surface area contributed by atoms with Gasteiger partial charge in [0.25, 0.3) is 0 Å². The number of rotatable bonds is 5. The molecule has 2 saturated heterocycles. The Morgan fingerprint density at radius 2 is 2.00 bits per heavy atom. The average Bonchev–Trinajstić information content (AvgIpc) is 2.82. The third kappa shape index (κ3) is 3.70. The van der Waals surface area contributed by atoms with Gasteiger partial charge < -0.3 is 0 Å². The van der Waals surface area contributed by atoms with Crippen molar-refractivity contribution in [1.29, 1.82) is 0 Å². The minimum Gasteiger partial charge on any atom is -0.298 e. The molecule has 0 amide bonds. The quantitative estimate of drug-likeness (QED) is 0.763. The Balaban J connectivity index is 1.99. The van der Waals surface area contributed by atoms with E-state index in [0.717, 1.165) is 13.1 Å². The van der Waals surface area contributed by atoms with Crippen LogP contribution in [0.15, 0.2) is 0 Å². The smallest absolute Gasteiger partial charge is 0.151 e. The minimum atomic E-state index is -2.85. The third-order valence-corrected chi connectivity index (χ3v) is 6.42. The van der Waals surface area contributed by atoms with Gasteiger partial charge in [0.05, 0.1) is 5.75 Å². The van der Waals surface area contributed by atoms with Crippen molar-refractivity contribution >= 4 is 9.84 Å². The monoisotopic (exact) mass is 288 g/mol. The first-order valence-electron chi connectivity index (χ1n) is 7.61. The maximum absolute atomic E-state index is 11.7. The SMILES string of the molecule is CCS(=O)(=O)CCN1CC2CCCN2CC1C(C)C. The number of nitrogens with zero attached hydrogens (tertiary/aromatic N) is 2. The lowest BCUT2D eigenvalue weighted by atomic mass is 9.97. The van der Waals surface area contributed by atoms with Crippen LogP contribution in [0.3, 0.4) is 0 Å². The van der Waals surface area contributed by atoms with Gasteiger partial charge in [-0.25, -0.2) is 8.42 Å². The number of fused-ring (bicyclic) bond motifs is 1. The van der Waals surface area contributed by atoms with Crippen LogP contribution in [0.2, 0.25) is 0 Å². The van der Waals surface area contributed by atoms with Crippen LogP contribution in [0.25, 0.3) is 0 Å². The molecular weight excluding hydrogens is 260 g/mol. The van der Waals surface area contributed by atoms with Gasteiger partial charge >= 0.3 is 0 Å². The van der Waals surface area contributed by atoms with Crippen LogP contribution in [0, 0.1) is 5.92 Å². The molecule has 2 aliphatic rings. The molecule has 2 aliphatic heterocycles. The molecule has 0 bridgehead atoms. The standard InChI is InChI=1S/C14H28N2O2S/c1-4-19(17,18)9-8-16-10-13-6-5-7-15(13)11-14(16)12(2)3/h12-14H,4-11H2,1-3H3. The minimum absolute atomic E-state index is 0.267. The van der Waals surface area contributed by atoms with E-state index in [1.807, 2.05) is 0 Å². The Bertz CT molecular complexity index is 394. The summed E-state index contributed by atoms with van der Waals surface area (Å²) in [5, 5.41) is 0. The molecule has 0 spiro atoms. The highest BCUT2D eigenvalue weighted by molar-refractivity contribution is 7.91. The summed E-state index contributed by atoms with van der Waals surface area (Å²) in [5.74, 6) is 1.17. The molecular formula is C14H28N2O2S. The molecule has 0 aromatic carbocycles. The highest BCUT2D eigenvalue weighted by Crippen LogP contribution is 2.27. The van der Waals surface area contributed by atoms with Crippen LogP contribution in [-0.2, 0) is 9.84 Å². The van der Waals surface area contributed by atoms with E-state index in [1.165, 1.54) is 19.4 Å². The topological polar surface area (TPSA) is 40.6 Å². The molecule has 0 aromatic rings. The van der Waals surface area contributed by atoms with Crippen molar-refractivity contribution in [3.8, 4) is 0 Å². The number of hydrogen-bond donors (Lipinski definition) is 0. The fourth-order valence-electron chi connectivity index (χ4n) is 3.39. The summed E-state index contributed by atoms with van der Waals surface area (Å²) in [6.45, 7) is 10.4. The van der Waals surface area contributed by atoms with Crippen molar-refractivity contribution in [2.45, 2.75) is 45.7 Å². The lowest BCUT2D eigenvalue weighted by Crippen LogP contribution is -2.58. The molecule has 0 N–H and O–H groups in total. The van der Waals surface area contributed by atoms with Gasteiger partial charge in [-0.3, -0.25) is 9.80 Å². The van der Waals surface area contributed by atoms with E-state index in [0.29, 0.717) is 30.3 Å². The van der Waals surface area contributed by atoms with Gasteiger partial charge in [0.1, 0.15) is 0 Å². The Hall–Kier alpha value is -0.130. The van der Waals surface area contributed by atoms with Gasteiger partial charge in [0, 0.05) is 37.5 Å². The molecule has 112 valence electrons. The molecule has 0 aliphatic carbocycles. The Labute approximate surface area is 118 Å². The van der Waals surface area contributed by atoms with Crippen molar-refractivity contribution in [2.75, 3.05) is 37.7 Å². The summed E-state index contributed by atoms with van der Waals surface area (Å²) >= 11 is 0. The van der Waals surface area contributed by atoms with Crippen LogP contribution in [0.5, 0.6) is 0 Å². The van der Waals surface area contributed by atoms with E-state index >= 15 is 0 Å². The summed E-state index contributed by atoms with van der Waals surface area (Å²) in [4.78, 5) is 5.04. The molecule has 0 aromatic heterocycles. The second-order valence-electron chi connectivity index (χ2n) is 6.33. The second kappa shape index (κ2) is 6.10. The fourth-order valence-corrected chi connectivity index (χ4v) is 4.20. The summed E-state index contributed by atoms with van der Waals surface area (Å²) < 4.78 is 23.4. The Morgan fingerprint density at radius 1 is 1.26 bits per heavy atom. The van der Waals surface area contributed by atoms with Gasteiger partial charge in [-0.15, -0.1) is 0 Å². The van der Waals surface area contributed by atoms with Gasteiger partial charge in [-0.05, 0) is 25.3 Å². The van der Waals surface area contributed by atoms with Crippen molar-refractivity contribution in [3.05, 3.63) is 0 Å². The maximum Gasteiger partial charge on any atom is 0.151 e. The Kier molecular flexibility index (Phi) is 4.90. The summed E-state index contributed by atoms with van der Waals surface area (Å²) in [7, 11) is -2.85. The first kappa shape index (κ1) is 15.3. The Morgan fingerprint density at radius 3 is 2.63 bits per heavy atom. The van der Waals surface area contributed by atoms with Crippen molar-refractivity contribution in [3.63, 3.8) is 0 Å². The van der Waals surface area contributed by atoms with Crippen LogP contribution in [0.4, 0.5) is 0 Å². The molecule has 0 saturated carbocycles. The molecule has 5 heteroatoms. The summed E-state index contributed by atoms with van der Waals surface area (Å²) in [6.07, 6.45) is 2.58. The van der Waals surface area contributed by atoms with Gasteiger partial charge in [-0.1, -0.05) is 20.8 Å². The van der Waals surface area contributed by atoms with E-state index in [9.17, 15) is 8.42 Å². The van der Waals surface area contributed by atoms with Crippen molar-refractivity contribution in [2.24, 2.45) is 5.92 Å². The lowest BCUT2D eigenvalue weighted by Gasteiger charge is -2.45. The van der Waals surface area contributed by atoms with Crippen LogP contribution in [0.1, 0.15) is 33.6 Å². The van der Waals surface area contributed by atoms with Gasteiger partial charge in [0.15, 0.2) is 9.84 Å². The highest BCUT2D eigenvalue weighted by atomic mass is 32.2. The van der Waals surface area contributed by atoms with Crippen molar-refractivity contribution < 1.29 is 8.42 Å². The highest BCUT2D eigenvalue weighted by Gasteiger charge is 2.37. The summed E-state index contributed by atoms with van der Waals surface area (Å²) in [6, 6.07) is 1.18. The molecule has 4 nitrogen and oxygen atoms in total. The fraction of sp³-hybridized carbons (Fsp3) is 1.00. The maximum atomic E-state index is 11.7. The first-order chi connectivity index (χ1) is 8.93. The molecule has 2 atom stereocenters. The lowest BCUT2D eigenvalue weighted by molar-refractivity contribution is 0.0337. The van der Waals surface area contributed by atoms with Crippen LogP contribution < -0.4 is 0 Å². The zero-order valence-corrected chi connectivity index (χ0v) is 13.3. The first-order valence-corrected chi connectivity index (χ1v) is 9.43. The zero-order valence-electron chi connectivity index (χ0n) is 12.5. The zero-order chi connectivity index (χ0) is 14.0. The molecule has 2 unspecified atom stereocenters. The normalized spacial score (nSPS) is 29.9. The summed E-state index contributed by atoms with van der Waals surface area (Å²) in [5.41, 5.74) is 0. The molecule has 2 rings (SSSR count). The molecule has 19 heavy (non-hydrogen) atoms. The average molecular weight is 288 g/mol. The van der Waals surface area contributed by atoms with E-state index in [2.05, 4.69) is 23.6 Å². The number of hydrogen-bond acceptors (Lipinski definition) is 4.